The van der Waals surface area contributed by atoms with E-state index >= 15 is 0 Å². The number of hydrogen-bond acceptors (Lipinski definition) is 4. The smallest absolute Gasteiger partial charge is 0.0856 e. The fraction of sp³-hybridized carbons (Fsp3) is 1.00. The van der Waals surface area contributed by atoms with Gasteiger partial charge in [-0.05, 0) is 0 Å². The van der Waals surface area contributed by atoms with E-state index in [-0.39, 0.29) is 18.6 Å². The van der Waals surface area contributed by atoms with Crippen molar-refractivity contribution in [1.29, 1.82) is 0 Å². The Kier molecular flexibility index (Phi) is 7.05. The van der Waals surface area contributed by atoms with E-state index in [0.29, 0.717) is 0 Å². The molecule has 0 aliphatic rings. The quantitative estimate of drug-likeness (QED) is 0.384. The van der Waals surface area contributed by atoms with Gasteiger partial charge in [0.1, 0.15) is 0 Å². The summed E-state index contributed by atoms with van der Waals surface area (Å²) in [6, 6.07) is 0. The molecule has 0 rings (SSSR count). The molecule has 9 heavy (non-hydrogen) atoms. The first kappa shape index (κ1) is 12.1. The molecule has 0 aromatic heterocycles. The third kappa shape index (κ3) is 3.91. The van der Waals surface area contributed by atoms with Gasteiger partial charge in [0.2, 0.25) is 0 Å². The van der Waals surface area contributed by atoms with Crippen LogP contribution in [0.15, 0.2) is 0 Å². The minimum absolute atomic E-state index is 0. The van der Waals surface area contributed by atoms with Crippen molar-refractivity contribution in [2.75, 3.05) is 19.8 Å². The second-order valence-corrected chi connectivity index (χ2v) is 1.84. The summed E-state index contributed by atoms with van der Waals surface area (Å²) in [5, 5.41) is 25.0. The van der Waals surface area contributed by atoms with E-state index in [1.165, 1.54) is 0 Å². The maximum absolute atomic E-state index is 8.34. The van der Waals surface area contributed by atoms with Crippen molar-refractivity contribution in [3.63, 3.8) is 0 Å². The van der Waals surface area contributed by atoms with Crippen molar-refractivity contribution in [2.45, 2.75) is 5.54 Å². The molecule has 0 heterocycles. The van der Waals surface area contributed by atoms with Crippen LogP contribution in [0, 0.1) is 0 Å². The molecule has 0 aromatic carbocycles. The second kappa shape index (κ2) is 5.23. The molecule has 0 saturated carbocycles. The fourth-order valence-corrected chi connectivity index (χ4v) is 0.150. The number of rotatable bonds is 3. The Morgan fingerprint density at radius 2 is 1.22 bits per heavy atom. The molecule has 5 heteroatoms. The molecule has 4 nitrogen and oxygen atoms in total. The summed E-state index contributed by atoms with van der Waals surface area (Å²) in [5.74, 6) is 0. The molecule has 5 N–H and O–H groups in total. The summed E-state index contributed by atoms with van der Waals surface area (Å²) < 4.78 is 0. The molecule has 0 amide bonds. The van der Waals surface area contributed by atoms with Gasteiger partial charge in [0, 0.05) is 18.6 Å². The molecule has 0 aliphatic heterocycles. The summed E-state index contributed by atoms with van der Waals surface area (Å²) >= 11 is 0. The number of aliphatic hydroxyl groups is 3. The molecule has 1 radical (unpaired) electrons. The Hall–Kier alpha value is 0.424. The average Bonchev–Trinajstić information content (AvgIpc) is 1.87. The predicted molar refractivity (Wildman–Crippen MR) is 28.2 cm³/mol. The molecule has 0 atom stereocenters. The molecule has 0 unspecified atom stereocenters. The second-order valence-electron chi connectivity index (χ2n) is 1.84. The van der Waals surface area contributed by atoms with Crippen LogP contribution in [0.25, 0.3) is 0 Å². The van der Waals surface area contributed by atoms with E-state index in [9.17, 15) is 0 Å². The Bertz CT molecular complexity index is 58.6. The van der Waals surface area contributed by atoms with Crippen molar-refractivity contribution in [3.8, 4) is 0 Å². The third-order valence-corrected chi connectivity index (χ3v) is 0.945. The van der Waals surface area contributed by atoms with Crippen LogP contribution in [0.2, 0.25) is 0 Å². The molecular weight excluding hydrogens is 161 g/mol. The maximum Gasteiger partial charge on any atom is 0.0856 e. The van der Waals surface area contributed by atoms with Crippen molar-refractivity contribution in [1.82, 2.24) is 0 Å². The predicted octanol–water partition coefficient (Wildman–Crippen LogP) is -2.34. The van der Waals surface area contributed by atoms with Gasteiger partial charge in [0.15, 0.2) is 0 Å². The topological polar surface area (TPSA) is 86.7 Å². The summed E-state index contributed by atoms with van der Waals surface area (Å²) in [7, 11) is 0. The van der Waals surface area contributed by atoms with E-state index in [1.807, 2.05) is 0 Å². The van der Waals surface area contributed by atoms with Gasteiger partial charge in [0.05, 0.1) is 25.4 Å². The van der Waals surface area contributed by atoms with Crippen LogP contribution in [0.3, 0.4) is 0 Å². The normalized spacial score (nSPS) is 10.7. The SMILES string of the molecule is NC(CO)(CO)CO.[V]. The molecule has 55 valence electrons. The van der Waals surface area contributed by atoms with Crippen LogP contribution in [0.5, 0.6) is 0 Å². The standard InChI is InChI=1S/C4H11NO3.V/c5-4(1-6,2-7)3-8;/h6-8H,1-3,5H2;. The summed E-state index contributed by atoms with van der Waals surface area (Å²) in [4.78, 5) is 0. The molecule has 0 aromatic rings. The Morgan fingerprint density at radius 1 is 1.00 bits per heavy atom. The molecule has 0 spiro atoms. The zero-order valence-corrected chi connectivity index (χ0v) is 6.38. The number of hydrogen-bond donors (Lipinski definition) is 4. The van der Waals surface area contributed by atoms with Gasteiger partial charge < -0.3 is 21.1 Å². The van der Waals surface area contributed by atoms with Crippen LogP contribution in [0.4, 0.5) is 0 Å². The Labute approximate surface area is 65.6 Å². The van der Waals surface area contributed by atoms with Gasteiger partial charge in [-0.3, -0.25) is 0 Å². The van der Waals surface area contributed by atoms with Crippen molar-refractivity contribution in [2.24, 2.45) is 5.73 Å². The zero-order valence-electron chi connectivity index (χ0n) is 4.99. The molecule has 0 aliphatic carbocycles. The third-order valence-electron chi connectivity index (χ3n) is 0.945. The van der Waals surface area contributed by atoms with Crippen LogP contribution in [-0.2, 0) is 18.6 Å². The van der Waals surface area contributed by atoms with Crippen molar-refractivity contribution < 1.29 is 33.9 Å². The first-order valence-electron chi connectivity index (χ1n) is 2.30. The summed E-state index contributed by atoms with van der Waals surface area (Å²) in [6.07, 6.45) is 0. The summed E-state index contributed by atoms with van der Waals surface area (Å²) in [6.45, 7) is -1.21. The molecular formula is C4H11NO3V. The van der Waals surface area contributed by atoms with E-state index in [2.05, 4.69) is 0 Å². The number of aliphatic hydroxyl groups excluding tert-OH is 3. The molecule has 0 saturated heterocycles. The minimum atomic E-state index is -1.21. The monoisotopic (exact) mass is 172 g/mol. The van der Waals surface area contributed by atoms with Crippen LogP contribution < -0.4 is 5.73 Å². The minimum Gasteiger partial charge on any atom is -0.394 e. The fourth-order valence-electron chi connectivity index (χ4n) is 0.150. The first-order valence-corrected chi connectivity index (χ1v) is 2.30. The summed E-state index contributed by atoms with van der Waals surface area (Å²) in [5.41, 5.74) is 3.94. The van der Waals surface area contributed by atoms with Gasteiger partial charge in [-0.25, -0.2) is 0 Å². The van der Waals surface area contributed by atoms with Gasteiger partial charge in [-0.1, -0.05) is 0 Å². The first-order chi connectivity index (χ1) is 3.68. The van der Waals surface area contributed by atoms with E-state index in [0.717, 1.165) is 0 Å². The molecule has 0 bridgehead atoms. The van der Waals surface area contributed by atoms with Crippen LogP contribution in [0.1, 0.15) is 0 Å². The van der Waals surface area contributed by atoms with Crippen molar-refractivity contribution >= 4 is 0 Å². The van der Waals surface area contributed by atoms with Gasteiger partial charge in [-0.15, -0.1) is 0 Å². The van der Waals surface area contributed by atoms with E-state index < -0.39 is 25.4 Å². The Balaban J connectivity index is 0. The average molecular weight is 172 g/mol. The van der Waals surface area contributed by atoms with Crippen LogP contribution >= 0.6 is 0 Å². The van der Waals surface area contributed by atoms with Gasteiger partial charge in [0.25, 0.3) is 0 Å². The van der Waals surface area contributed by atoms with Gasteiger partial charge in [-0.2, -0.15) is 0 Å². The van der Waals surface area contributed by atoms with Crippen molar-refractivity contribution in [3.05, 3.63) is 0 Å². The van der Waals surface area contributed by atoms with E-state index in [1.54, 1.807) is 0 Å². The molecule has 0 fully saturated rings. The zero-order chi connectivity index (χ0) is 6.62. The largest absolute Gasteiger partial charge is 0.394 e. The van der Waals surface area contributed by atoms with Gasteiger partial charge >= 0.3 is 0 Å². The van der Waals surface area contributed by atoms with Crippen LogP contribution in [-0.4, -0.2) is 40.7 Å². The maximum atomic E-state index is 8.34. The number of nitrogens with two attached hydrogens (primary N) is 1. The Morgan fingerprint density at radius 3 is 1.22 bits per heavy atom. The van der Waals surface area contributed by atoms with E-state index in [4.69, 9.17) is 21.1 Å².